The van der Waals surface area contributed by atoms with Crippen molar-refractivity contribution in [3.63, 3.8) is 0 Å². The van der Waals surface area contributed by atoms with E-state index in [1.54, 1.807) is 30.3 Å². The van der Waals surface area contributed by atoms with Gasteiger partial charge in [0.25, 0.3) is 12.0 Å². The number of rotatable bonds is 12. The summed E-state index contributed by atoms with van der Waals surface area (Å²) in [5.74, 6) is -2.02. The van der Waals surface area contributed by atoms with Crippen LogP contribution in [0.15, 0.2) is 82.1 Å². The maximum Gasteiger partial charge on any atom is 0.405 e. The number of benzene rings is 4. The number of ether oxygens (including phenoxy) is 1. The molecule has 0 aliphatic carbocycles. The molecule has 0 saturated carbocycles. The van der Waals surface area contributed by atoms with E-state index in [4.69, 9.17) is 16.3 Å². The van der Waals surface area contributed by atoms with Crippen LogP contribution in [0, 0.1) is 11.6 Å². The Morgan fingerprint density at radius 2 is 1.72 bits per heavy atom. The molecule has 0 aliphatic rings. The van der Waals surface area contributed by atoms with E-state index in [1.807, 2.05) is 0 Å². The highest BCUT2D eigenvalue weighted by Gasteiger charge is 2.31. The number of anilines is 1. The summed E-state index contributed by atoms with van der Waals surface area (Å²) in [7, 11) is -2.73. The van der Waals surface area contributed by atoms with Crippen LogP contribution in [-0.4, -0.2) is 58.7 Å². The number of nitrogens with zero attached hydrogens (tertiary/aromatic N) is 5. The minimum Gasteiger partial charge on any atom is -0.497 e. The molecule has 0 aliphatic heterocycles. The molecule has 0 saturated heterocycles. The number of hydrogen-bond donors (Lipinski definition) is 2. The molecule has 0 radical (unpaired) electrons. The molecule has 0 spiro atoms. The highest BCUT2D eigenvalue weighted by atomic mass is 79.9. The number of halogens is 6. The lowest BCUT2D eigenvalue weighted by molar-refractivity contribution is 0.123. The van der Waals surface area contributed by atoms with E-state index in [2.05, 4.69) is 31.3 Å². The monoisotopic (exact) mass is 850 g/mol. The molecule has 6 rings (SSSR count). The molecule has 19 heteroatoms. The Bertz CT molecular complexity index is 2570. The van der Waals surface area contributed by atoms with E-state index in [0.29, 0.717) is 21.9 Å². The molecule has 54 heavy (non-hydrogen) atoms. The first-order valence-corrected chi connectivity index (χ1v) is 18.8. The summed E-state index contributed by atoms with van der Waals surface area (Å²) in [6.45, 7) is -1.39. The van der Waals surface area contributed by atoms with E-state index >= 15 is 0 Å². The van der Waals surface area contributed by atoms with Gasteiger partial charge in [0.2, 0.25) is 10.0 Å². The van der Waals surface area contributed by atoms with Gasteiger partial charge in [-0.3, -0.25) is 14.0 Å². The fourth-order valence-electron chi connectivity index (χ4n) is 6.07. The van der Waals surface area contributed by atoms with Crippen LogP contribution in [0.3, 0.4) is 0 Å². The number of amides is 1. The molecule has 0 unspecified atom stereocenters. The third kappa shape index (κ3) is 8.00. The largest absolute Gasteiger partial charge is 0.497 e. The summed E-state index contributed by atoms with van der Waals surface area (Å²) >= 11 is 10.0. The number of carbonyl (C=O) groups is 1. The summed E-state index contributed by atoms with van der Waals surface area (Å²) in [5.41, 5.74) is -0.614. The van der Waals surface area contributed by atoms with Gasteiger partial charge in [-0.2, -0.15) is 5.10 Å². The molecule has 0 fully saturated rings. The first-order chi connectivity index (χ1) is 25.5. The van der Waals surface area contributed by atoms with Gasteiger partial charge < -0.3 is 15.2 Å². The Morgan fingerprint density at radius 1 is 1.04 bits per heavy atom. The van der Waals surface area contributed by atoms with Gasteiger partial charge >= 0.3 is 6.09 Å². The third-order valence-electron chi connectivity index (χ3n) is 8.31. The lowest BCUT2D eigenvalue weighted by atomic mass is 10.0. The molecule has 2 aromatic heterocycles. The molecular weight excluding hydrogens is 824 g/mol. The number of nitrogens with one attached hydrogen (secondary N) is 1. The van der Waals surface area contributed by atoms with E-state index in [0.717, 1.165) is 31.9 Å². The number of alkyl halides is 2. The van der Waals surface area contributed by atoms with E-state index < -0.39 is 58.7 Å². The quantitative estimate of drug-likeness (QED) is 0.123. The van der Waals surface area contributed by atoms with Crippen LogP contribution < -0.4 is 19.9 Å². The summed E-state index contributed by atoms with van der Waals surface area (Å²) in [6, 6.07) is 14.6. The number of hydrogen-bond acceptors (Lipinski definition) is 7. The second-order valence-corrected chi connectivity index (χ2v) is 15.3. The van der Waals surface area contributed by atoms with Crippen molar-refractivity contribution in [2.24, 2.45) is 0 Å². The van der Waals surface area contributed by atoms with Gasteiger partial charge in [0.1, 0.15) is 29.8 Å². The second kappa shape index (κ2) is 15.3. The fourth-order valence-corrected chi connectivity index (χ4v) is 7.48. The maximum atomic E-state index is 14.6. The first kappa shape index (κ1) is 38.5. The lowest BCUT2D eigenvalue weighted by Gasteiger charge is -2.23. The van der Waals surface area contributed by atoms with E-state index in [-0.39, 0.29) is 56.3 Å². The minimum absolute atomic E-state index is 0.00463. The summed E-state index contributed by atoms with van der Waals surface area (Å²) in [4.78, 5) is 31.4. The van der Waals surface area contributed by atoms with Crippen molar-refractivity contribution in [1.29, 1.82) is 0 Å². The van der Waals surface area contributed by atoms with Crippen molar-refractivity contribution in [3.05, 3.63) is 121 Å². The van der Waals surface area contributed by atoms with Crippen LogP contribution in [0.25, 0.3) is 27.5 Å². The van der Waals surface area contributed by atoms with Gasteiger partial charge in [-0.25, -0.2) is 40.1 Å². The van der Waals surface area contributed by atoms with Gasteiger partial charge in [0.05, 0.1) is 58.5 Å². The SMILES string of the molecule is COc1ccc(CN(c2nn(CC(F)F)c3c(-n4c([C@H](Cc5cc(F)cc(F)c5)NC(=O)O)nc5cc(Br)ccc5c4=O)ccc(Cl)c23)S(C)(=O)=O)cc1. The highest BCUT2D eigenvalue weighted by Crippen LogP contribution is 2.39. The molecule has 12 nitrogen and oxygen atoms in total. The minimum atomic E-state index is -4.19. The molecule has 1 atom stereocenters. The summed E-state index contributed by atoms with van der Waals surface area (Å²) < 4.78 is 92.2. The topological polar surface area (TPSA) is 149 Å². The maximum absolute atomic E-state index is 14.6. The Balaban J connectivity index is 1.68. The van der Waals surface area contributed by atoms with Crippen molar-refractivity contribution >= 4 is 71.3 Å². The molecule has 1 amide bonds. The normalized spacial score (nSPS) is 12.4. The Hall–Kier alpha value is -5.20. The number of sulfonamides is 1. The van der Waals surface area contributed by atoms with Crippen LogP contribution >= 0.6 is 27.5 Å². The number of aromatic nitrogens is 4. The van der Waals surface area contributed by atoms with Gasteiger partial charge in [-0.1, -0.05) is 39.7 Å². The molecule has 4 aromatic carbocycles. The van der Waals surface area contributed by atoms with Crippen LogP contribution in [0.4, 0.5) is 28.2 Å². The molecule has 2 N–H and O–H groups in total. The highest BCUT2D eigenvalue weighted by molar-refractivity contribution is 9.10. The number of fused-ring (bicyclic) bond motifs is 2. The Labute approximate surface area is 317 Å². The van der Waals surface area contributed by atoms with Crippen molar-refractivity contribution in [2.45, 2.75) is 32.0 Å². The summed E-state index contributed by atoms with van der Waals surface area (Å²) in [5, 5.41) is 16.3. The number of carboxylic acid groups (broad SMARTS) is 1. The first-order valence-electron chi connectivity index (χ1n) is 15.8. The molecule has 0 bridgehead atoms. The Morgan fingerprint density at radius 3 is 2.33 bits per heavy atom. The van der Waals surface area contributed by atoms with Gasteiger partial charge in [-0.15, -0.1) is 0 Å². The van der Waals surface area contributed by atoms with Crippen LogP contribution in [0.5, 0.6) is 5.75 Å². The summed E-state index contributed by atoms with van der Waals surface area (Å²) in [6.07, 6.45) is -4.14. The molecule has 6 aromatic rings. The average molecular weight is 852 g/mol. The number of methoxy groups -OCH3 is 1. The zero-order valence-corrected chi connectivity index (χ0v) is 31.3. The van der Waals surface area contributed by atoms with Gasteiger partial charge in [0.15, 0.2) is 5.82 Å². The second-order valence-electron chi connectivity index (χ2n) is 12.1. The van der Waals surface area contributed by atoms with Crippen molar-refractivity contribution in [3.8, 4) is 11.4 Å². The predicted octanol–water partition coefficient (Wildman–Crippen LogP) is 7.22. The standard InChI is InChI=1S/C35H28BrClF4N6O6S/c1-53-23-6-3-18(4-7-23)16-46(54(2,51)52)33-30-25(37)9-10-28(31(30)45(44-33)17-29(40)41)47-32(42-26-14-20(36)5-8-24(26)34(47)48)27(43-35(49)50)13-19-11-21(38)15-22(39)12-19/h3-12,14-15,27,29,43H,13,16-17H2,1-2H3,(H,49,50)/t27-/m0/s1. The predicted molar refractivity (Wildman–Crippen MR) is 197 cm³/mol. The van der Waals surface area contributed by atoms with Crippen molar-refractivity contribution < 1.29 is 40.6 Å². The smallest absolute Gasteiger partial charge is 0.405 e. The Kier molecular flexibility index (Phi) is 10.9. The van der Waals surface area contributed by atoms with Crippen LogP contribution in [0.1, 0.15) is 23.0 Å². The fraction of sp³-hybridized carbons (Fsp3) is 0.200. The third-order valence-corrected chi connectivity index (χ3v) is 10.2. The van der Waals surface area contributed by atoms with Gasteiger partial charge in [-0.05, 0) is 65.7 Å². The zero-order chi connectivity index (χ0) is 39.1. The average Bonchev–Trinajstić information content (AvgIpc) is 3.45. The van der Waals surface area contributed by atoms with Crippen molar-refractivity contribution in [1.82, 2.24) is 24.6 Å². The van der Waals surface area contributed by atoms with Crippen LogP contribution in [-0.2, 0) is 29.5 Å². The molecular formula is C35H28BrClF4N6O6S. The van der Waals surface area contributed by atoms with Gasteiger partial charge in [0, 0.05) is 17.0 Å². The molecule has 2 heterocycles. The zero-order valence-electron chi connectivity index (χ0n) is 28.1. The molecule has 282 valence electrons. The van der Waals surface area contributed by atoms with E-state index in [9.17, 15) is 40.7 Å². The van der Waals surface area contributed by atoms with E-state index in [1.165, 1.54) is 31.4 Å². The van der Waals surface area contributed by atoms with Crippen LogP contribution in [0.2, 0.25) is 5.02 Å². The van der Waals surface area contributed by atoms with Crippen molar-refractivity contribution in [2.75, 3.05) is 17.7 Å². The lowest BCUT2D eigenvalue weighted by Crippen LogP contribution is -2.35.